The Morgan fingerprint density at radius 2 is 1.89 bits per heavy atom. The number of carbonyl (C=O) groups excluding carboxylic acids is 1. The van der Waals surface area contributed by atoms with E-state index in [0.29, 0.717) is 10.6 Å². The molecule has 2 aromatic rings. The van der Waals surface area contributed by atoms with Crippen LogP contribution in [-0.2, 0) is 4.79 Å². The van der Waals surface area contributed by atoms with E-state index in [1.165, 1.54) is 6.07 Å². The Hall–Kier alpha value is -2.00. The summed E-state index contributed by atoms with van der Waals surface area (Å²) in [5.74, 6) is -1.63. The van der Waals surface area contributed by atoms with Crippen molar-refractivity contribution in [2.24, 2.45) is 0 Å². The Morgan fingerprint density at radius 1 is 1.21 bits per heavy atom. The quantitative estimate of drug-likeness (QED) is 0.931. The maximum absolute atomic E-state index is 10.9. The number of phenols is 1. The molecule has 0 radical (unpaired) electrons. The predicted octanol–water partition coefficient (Wildman–Crippen LogP) is 2.32. The lowest BCUT2D eigenvalue weighted by atomic mass is 9.88. The fourth-order valence-corrected chi connectivity index (χ4v) is 2.24. The molecular weight excluding hydrogens is 264 g/mol. The minimum absolute atomic E-state index is 0.0273. The molecule has 0 unspecified atom stereocenters. The third-order valence-electron chi connectivity index (χ3n) is 2.94. The van der Waals surface area contributed by atoms with Crippen molar-refractivity contribution in [1.82, 2.24) is 0 Å². The highest BCUT2D eigenvalue weighted by Crippen LogP contribution is 2.35. The summed E-state index contributed by atoms with van der Waals surface area (Å²) >= 11 is 5.91. The van der Waals surface area contributed by atoms with Gasteiger partial charge in [-0.05, 0) is 30.2 Å². The lowest BCUT2D eigenvalue weighted by Gasteiger charge is -2.20. The number of phenolic OH excluding ortho intramolecular Hbond substituents is 1. The summed E-state index contributed by atoms with van der Waals surface area (Å²) in [6, 6.07) is 13.7. The van der Waals surface area contributed by atoms with Gasteiger partial charge >= 0.3 is 0 Å². The highest BCUT2D eigenvalue weighted by molar-refractivity contribution is 6.30. The second kappa shape index (κ2) is 5.76. The van der Waals surface area contributed by atoms with Crippen LogP contribution in [0.3, 0.4) is 0 Å². The van der Waals surface area contributed by atoms with Crippen LogP contribution in [0.5, 0.6) is 5.75 Å². The van der Waals surface area contributed by atoms with Crippen LogP contribution in [0.25, 0.3) is 0 Å². The number of aromatic hydroxyl groups is 1. The zero-order valence-electron chi connectivity index (χ0n) is 10.0. The zero-order valence-corrected chi connectivity index (χ0v) is 10.8. The number of hydrogen-bond donors (Lipinski definition) is 1. The number of carboxylic acid groups (broad SMARTS) is 1. The van der Waals surface area contributed by atoms with Gasteiger partial charge in [0.2, 0.25) is 0 Å². The van der Waals surface area contributed by atoms with E-state index in [4.69, 9.17) is 11.6 Å². The SMILES string of the molecule is O=C([O-])C[C@H](c1ccccc1)c1cc(Cl)ccc1O. The van der Waals surface area contributed by atoms with Gasteiger partial charge in [-0.1, -0.05) is 41.9 Å². The molecule has 1 N–H and O–H groups in total. The number of hydrogen-bond acceptors (Lipinski definition) is 3. The predicted molar refractivity (Wildman–Crippen MR) is 71.0 cm³/mol. The fourth-order valence-electron chi connectivity index (χ4n) is 2.06. The van der Waals surface area contributed by atoms with E-state index < -0.39 is 11.9 Å². The lowest BCUT2D eigenvalue weighted by Crippen LogP contribution is -2.25. The summed E-state index contributed by atoms with van der Waals surface area (Å²) in [6.45, 7) is 0. The molecule has 0 saturated carbocycles. The molecule has 1 atom stereocenters. The standard InChI is InChI=1S/C15H13ClO3/c16-11-6-7-14(17)13(8-11)12(9-15(18)19)10-4-2-1-3-5-10/h1-8,12,17H,9H2,(H,18,19)/p-1/t12-/m1/s1. The molecular formula is C15H12ClO3-. The summed E-state index contributed by atoms with van der Waals surface area (Å²) < 4.78 is 0. The van der Waals surface area contributed by atoms with Crippen LogP contribution in [0, 0.1) is 0 Å². The third-order valence-corrected chi connectivity index (χ3v) is 3.17. The fraction of sp³-hybridized carbons (Fsp3) is 0.133. The molecule has 0 aliphatic heterocycles. The van der Waals surface area contributed by atoms with Gasteiger partial charge in [-0.2, -0.15) is 0 Å². The first-order valence-corrected chi connectivity index (χ1v) is 6.19. The summed E-state index contributed by atoms with van der Waals surface area (Å²) in [5, 5.41) is 21.3. The Morgan fingerprint density at radius 3 is 2.53 bits per heavy atom. The second-order valence-corrected chi connectivity index (χ2v) is 4.68. The molecule has 0 amide bonds. The highest BCUT2D eigenvalue weighted by Gasteiger charge is 2.18. The number of carbonyl (C=O) groups is 1. The third kappa shape index (κ3) is 3.26. The molecule has 19 heavy (non-hydrogen) atoms. The molecule has 0 heterocycles. The number of rotatable bonds is 4. The average molecular weight is 276 g/mol. The molecule has 2 aromatic carbocycles. The molecule has 0 bridgehead atoms. The maximum atomic E-state index is 10.9. The van der Waals surface area contributed by atoms with Crippen LogP contribution in [0.1, 0.15) is 23.5 Å². The molecule has 0 spiro atoms. The monoisotopic (exact) mass is 275 g/mol. The van der Waals surface area contributed by atoms with Crippen LogP contribution in [0.15, 0.2) is 48.5 Å². The van der Waals surface area contributed by atoms with E-state index in [-0.39, 0.29) is 12.2 Å². The van der Waals surface area contributed by atoms with Gasteiger partial charge in [-0.15, -0.1) is 0 Å². The zero-order chi connectivity index (χ0) is 13.8. The van der Waals surface area contributed by atoms with Crippen molar-refractivity contribution in [2.75, 3.05) is 0 Å². The topological polar surface area (TPSA) is 60.4 Å². The molecule has 4 heteroatoms. The van der Waals surface area contributed by atoms with Crippen molar-refractivity contribution >= 4 is 17.6 Å². The van der Waals surface area contributed by atoms with Gasteiger partial charge < -0.3 is 15.0 Å². The first-order valence-electron chi connectivity index (χ1n) is 5.81. The van der Waals surface area contributed by atoms with E-state index in [1.54, 1.807) is 12.1 Å². The molecule has 98 valence electrons. The largest absolute Gasteiger partial charge is 0.550 e. The first-order chi connectivity index (χ1) is 9.08. The average Bonchev–Trinajstić information content (AvgIpc) is 2.40. The molecule has 0 saturated heterocycles. The lowest BCUT2D eigenvalue weighted by molar-refractivity contribution is -0.305. The minimum atomic E-state index is -1.17. The Kier molecular flexibility index (Phi) is 4.07. The van der Waals surface area contributed by atoms with Crippen LogP contribution < -0.4 is 5.11 Å². The molecule has 0 aliphatic carbocycles. The van der Waals surface area contributed by atoms with E-state index in [1.807, 2.05) is 30.3 Å². The van der Waals surface area contributed by atoms with E-state index >= 15 is 0 Å². The Bertz CT molecular complexity index is 581. The van der Waals surface area contributed by atoms with Crippen molar-refractivity contribution < 1.29 is 15.0 Å². The maximum Gasteiger partial charge on any atom is 0.119 e. The number of halogens is 1. The number of benzene rings is 2. The highest BCUT2D eigenvalue weighted by atomic mass is 35.5. The van der Waals surface area contributed by atoms with Gasteiger partial charge in [0.1, 0.15) is 5.75 Å². The summed E-state index contributed by atoms with van der Waals surface area (Å²) in [4.78, 5) is 10.9. The van der Waals surface area contributed by atoms with Gasteiger partial charge in [0, 0.05) is 22.5 Å². The van der Waals surface area contributed by atoms with Crippen LogP contribution >= 0.6 is 11.6 Å². The van der Waals surface area contributed by atoms with Crippen molar-refractivity contribution in [2.45, 2.75) is 12.3 Å². The molecule has 0 aromatic heterocycles. The van der Waals surface area contributed by atoms with Crippen molar-refractivity contribution in [3.63, 3.8) is 0 Å². The van der Waals surface area contributed by atoms with Crippen LogP contribution in [-0.4, -0.2) is 11.1 Å². The number of aliphatic carboxylic acids is 1. The van der Waals surface area contributed by atoms with Gasteiger partial charge in [0.15, 0.2) is 0 Å². The molecule has 3 nitrogen and oxygen atoms in total. The van der Waals surface area contributed by atoms with E-state index in [2.05, 4.69) is 0 Å². The van der Waals surface area contributed by atoms with Gasteiger partial charge in [0.25, 0.3) is 0 Å². The van der Waals surface area contributed by atoms with Crippen molar-refractivity contribution in [3.8, 4) is 5.75 Å². The van der Waals surface area contributed by atoms with Gasteiger partial charge in [-0.3, -0.25) is 0 Å². The van der Waals surface area contributed by atoms with Crippen molar-refractivity contribution in [3.05, 3.63) is 64.7 Å². The number of carboxylic acids is 1. The van der Waals surface area contributed by atoms with Gasteiger partial charge in [-0.25, -0.2) is 0 Å². The first kappa shape index (κ1) is 13.4. The van der Waals surface area contributed by atoms with E-state index in [9.17, 15) is 15.0 Å². The Labute approximate surface area is 116 Å². The molecule has 0 fully saturated rings. The Balaban J connectivity index is 2.48. The summed E-state index contributed by atoms with van der Waals surface area (Å²) in [6.07, 6.45) is -0.210. The summed E-state index contributed by atoms with van der Waals surface area (Å²) in [5.41, 5.74) is 1.28. The van der Waals surface area contributed by atoms with Gasteiger partial charge in [0.05, 0.1) is 0 Å². The smallest absolute Gasteiger partial charge is 0.119 e. The van der Waals surface area contributed by atoms with Crippen molar-refractivity contribution in [1.29, 1.82) is 0 Å². The second-order valence-electron chi connectivity index (χ2n) is 4.24. The normalized spacial score (nSPS) is 12.1. The molecule has 0 aliphatic rings. The minimum Gasteiger partial charge on any atom is -0.550 e. The van der Waals surface area contributed by atoms with Crippen LogP contribution in [0.4, 0.5) is 0 Å². The van der Waals surface area contributed by atoms with E-state index in [0.717, 1.165) is 5.56 Å². The van der Waals surface area contributed by atoms with Crippen LogP contribution in [0.2, 0.25) is 5.02 Å². The summed E-state index contributed by atoms with van der Waals surface area (Å²) in [7, 11) is 0. The molecule has 2 rings (SSSR count).